The number of hydrogen-bond acceptors (Lipinski definition) is 6. The van der Waals surface area contributed by atoms with Gasteiger partial charge in [0.05, 0.1) is 16.4 Å². The SMILES string of the molecule is CCNc1ccc(S(=O)(=O)NCCOCC)cc1[N+](=O)[O-]. The minimum absolute atomic E-state index is 0.110. The summed E-state index contributed by atoms with van der Waals surface area (Å²) in [7, 11) is -3.79. The van der Waals surface area contributed by atoms with Crippen LogP contribution in [-0.2, 0) is 14.8 Å². The summed E-state index contributed by atoms with van der Waals surface area (Å²) in [6.45, 7) is 4.94. The highest BCUT2D eigenvalue weighted by Crippen LogP contribution is 2.27. The van der Waals surface area contributed by atoms with Crippen LogP contribution in [-0.4, -0.2) is 39.6 Å². The fourth-order valence-corrected chi connectivity index (χ4v) is 2.68. The number of benzene rings is 1. The van der Waals surface area contributed by atoms with Crippen LogP contribution in [0.2, 0.25) is 0 Å². The maximum Gasteiger partial charge on any atom is 0.293 e. The fraction of sp³-hybridized carbons (Fsp3) is 0.500. The van der Waals surface area contributed by atoms with Crippen molar-refractivity contribution in [3.05, 3.63) is 28.3 Å². The van der Waals surface area contributed by atoms with Crippen LogP contribution in [0.3, 0.4) is 0 Å². The molecular weight excluding hydrogens is 298 g/mol. The molecule has 2 N–H and O–H groups in total. The van der Waals surface area contributed by atoms with E-state index in [0.717, 1.165) is 6.07 Å². The third-order valence-corrected chi connectivity index (χ3v) is 4.04. The van der Waals surface area contributed by atoms with Crippen molar-refractivity contribution in [3.63, 3.8) is 0 Å². The number of nitro groups is 1. The number of nitrogens with zero attached hydrogens (tertiary/aromatic N) is 1. The van der Waals surface area contributed by atoms with E-state index >= 15 is 0 Å². The van der Waals surface area contributed by atoms with Crippen molar-refractivity contribution in [2.75, 3.05) is 31.6 Å². The minimum Gasteiger partial charge on any atom is -0.380 e. The van der Waals surface area contributed by atoms with E-state index in [4.69, 9.17) is 4.74 Å². The molecule has 0 fully saturated rings. The zero-order valence-corrected chi connectivity index (χ0v) is 12.8. The first-order valence-corrected chi connectivity index (χ1v) is 8.00. The normalized spacial score (nSPS) is 11.3. The average molecular weight is 317 g/mol. The standard InChI is InChI=1S/C12H19N3O5S/c1-3-13-11-6-5-10(9-12(11)15(16)17)21(18,19)14-7-8-20-4-2/h5-6,9,13-14H,3-4,7-8H2,1-2H3. The van der Waals surface area contributed by atoms with Crippen LogP contribution in [0.1, 0.15) is 13.8 Å². The third-order valence-electron chi connectivity index (χ3n) is 2.59. The molecule has 0 atom stereocenters. The molecule has 0 bridgehead atoms. The number of anilines is 1. The summed E-state index contributed by atoms with van der Waals surface area (Å²) in [6.07, 6.45) is 0. The van der Waals surface area contributed by atoms with Crippen molar-refractivity contribution in [1.29, 1.82) is 0 Å². The number of sulfonamides is 1. The van der Waals surface area contributed by atoms with Crippen LogP contribution in [0, 0.1) is 10.1 Å². The number of nitrogens with one attached hydrogen (secondary N) is 2. The highest BCUT2D eigenvalue weighted by molar-refractivity contribution is 7.89. The van der Waals surface area contributed by atoms with Crippen LogP contribution in [0.4, 0.5) is 11.4 Å². The van der Waals surface area contributed by atoms with Crippen molar-refractivity contribution in [2.24, 2.45) is 0 Å². The zero-order valence-electron chi connectivity index (χ0n) is 12.0. The summed E-state index contributed by atoms with van der Waals surface area (Å²) >= 11 is 0. The molecule has 9 heteroatoms. The Morgan fingerprint density at radius 3 is 2.62 bits per heavy atom. The molecule has 21 heavy (non-hydrogen) atoms. The Morgan fingerprint density at radius 2 is 2.05 bits per heavy atom. The van der Waals surface area contributed by atoms with Crippen LogP contribution in [0.15, 0.2) is 23.1 Å². The van der Waals surface area contributed by atoms with E-state index in [2.05, 4.69) is 10.0 Å². The molecule has 1 aromatic carbocycles. The van der Waals surface area contributed by atoms with Gasteiger partial charge in [-0.25, -0.2) is 13.1 Å². The lowest BCUT2D eigenvalue weighted by Gasteiger charge is -2.09. The van der Waals surface area contributed by atoms with Crippen molar-refractivity contribution in [1.82, 2.24) is 4.72 Å². The Balaban J connectivity index is 2.97. The van der Waals surface area contributed by atoms with E-state index in [-0.39, 0.29) is 29.4 Å². The first-order valence-electron chi connectivity index (χ1n) is 6.52. The Labute approximate surface area is 123 Å². The molecule has 0 saturated carbocycles. The topological polar surface area (TPSA) is 111 Å². The monoisotopic (exact) mass is 317 g/mol. The molecular formula is C12H19N3O5S. The van der Waals surface area contributed by atoms with Gasteiger partial charge >= 0.3 is 0 Å². The Hall–Kier alpha value is -1.71. The van der Waals surface area contributed by atoms with Crippen molar-refractivity contribution < 1.29 is 18.1 Å². The molecule has 118 valence electrons. The van der Waals surface area contributed by atoms with Gasteiger partial charge in [0.2, 0.25) is 10.0 Å². The maximum atomic E-state index is 12.0. The number of hydrogen-bond donors (Lipinski definition) is 2. The highest BCUT2D eigenvalue weighted by atomic mass is 32.2. The molecule has 0 unspecified atom stereocenters. The predicted octanol–water partition coefficient (Wildman–Crippen LogP) is 1.34. The second kappa shape index (κ2) is 7.91. The van der Waals surface area contributed by atoms with Crippen molar-refractivity contribution >= 4 is 21.4 Å². The minimum atomic E-state index is -3.79. The quantitative estimate of drug-likeness (QED) is 0.404. The number of rotatable bonds is 9. The van der Waals surface area contributed by atoms with Crippen molar-refractivity contribution in [3.8, 4) is 0 Å². The highest BCUT2D eigenvalue weighted by Gasteiger charge is 2.20. The molecule has 1 rings (SSSR count). The molecule has 0 radical (unpaired) electrons. The summed E-state index contributed by atoms with van der Waals surface area (Å²) in [5.41, 5.74) is 0.0142. The van der Waals surface area contributed by atoms with Gasteiger partial charge in [-0.15, -0.1) is 0 Å². The van der Waals surface area contributed by atoms with Gasteiger partial charge in [0.1, 0.15) is 5.69 Å². The van der Waals surface area contributed by atoms with E-state index < -0.39 is 14.9 Å². The smallest absolute Gasteiger partial charge is 0.293 e. The Morgan fingerprint density at radius 1 is 1.33 bits per heavy atom. The van der Waals surface area contributed by atoms with Gasteiger partial charge in [-0.05, 0) is 26.0 Å². The summed E-state index contributed by atoms with van der Waals surface area (Å²) in [5, 5.41) is 13.8. The molecule has 0 saturated heterocycles. The van der Waals surface area contributed by atoms with Gasteiger partial charge in [0.25, 0.3) is 5.69 Å². The molecule has 0 heterocycles. The summed E-state index contributed by atoms with van der Waals surface area (Å²) < 4.78 is 31.4. The summed E-state index contributed by atoms with van der Waals surface area (Å²) in [6, 6.07) is 3.76. The molecule has 0 aliphatic heterocycles. The van der Waals surface area contributed by atoms with Gasteiger partial charge in [0, 0.05) is 25.8 Å². The largest absolute Gasteiger partial charge is 0.380 e. The molecule has 0 aliphatic carbocycles. The molecule has 0 aliphatic rings. The maximum absolute atomic E-state index is 12.0. The lowest BCUT2D eigenvalue weighted by atomic mass is 10.2. The first-order chi connectivity index (χ1) is 9.92. The van der Waals surface area contributed by atoms with E-state index in [1.54, 1.807) is 13.8 Å². The second-order valence-electron chi connectivity index (χ2n) is 4.06. The lowest BCUT2D eigenvalue weighted by molar-refractivity contribution is -0.384. The van der Waals surface area contributed by atoms with Crippen LogP contribution >= 0.6 is 0 Å². The Kier molecular flexibility index (Phi) is 6.53. The Bertz CT molecular complexity index is 589. The van der Waals surface area contributed by atoms with Gasteiger partial charge in [-0.2, -0.15) is 0 Å². The number of nitro benzene ring substituents is 1. The molecule has 0 amide bonds. The number of ether oxygens (including phenoxy) is 1. The van der Waals surface area contributed by atoms with E-state index in [9.17, 15) is 18.5 Å². The molecule has 0 aromatic heterocycles. The van der Waals surface area contributed by atoms with Crippen LogP contribution in [0.25, 0.3) is 0 Å². The second-order valence-corrected chi connectivity index (χ2v) is 5.83. The predicted molar refractivity (Wildman–Crippen MR) is 78.9 cm³/mol. The van der Waals surface area contributed by atoms with Gasteiger partial charge < -0.3 is 10.1 Å². The summed E-state index contributed by atoms with van der Waals surface area (Å²) in [4.78, 5) is 10.2. The van der Waals surface area contributed by atoms with Gasteiger partial charge in [-0.3, -0.25) is 10.1 Å². The van der Waals surface area contributed by atoms with Crippen molar-refractivity contribution in [2.45, 2.75) is 18.7 Å². The van der Waals surface area contributed by atoms with E-state index in [0.29, 0.717) is 13.2 Å². The summed E-state index contributed by atoms with van der Waals surface area (Å²) in [5.74, 6) is 0. The lowest BCUT2D eigenvalue weighted by Crippen LogP contribution is -2.27. The van der Waals surface area contributed by atoms with E-state index in [1.807, 2.05) is 0 Å². The molecule has 8 nitrogen and oxygen atoms in total. The van der Waals surface area contributed by atoms with Gasteiger partial charge in [-0.1, -0.05) is 0 Å². The molecule has 0 spiro atoms. The zero-order chi connectivity index (χ0) is 15.9. The van der Waals surface area contributed by atoms with Crippen LogP contribution < -0.4 is 10.0 Å². The average Bonchev–Trinajstić information content (AvgIpc) is 2.44. The third kappa shape index (κ3) is 4.96. The van der Waals surface area contributed by atoms with Crippen LogP contribution in [0.5, 0.6) is 0 Å². The van der Waals surface area contributed by atoms with E-state index in [1.165, 1.54) is 12.1 Å². The molecule has 1 aromatic rings. The fourth-order valence-electron chi connectivity index (χ4n) is 1.65. The van der Waals surface area contributed by atoms with Gasteiger partial charge in [0.15, 0.2) is 0 Å². The first kappa shape index (κ1) is 17.3.